The topological polar surface area (TPSA) is 15.3 Å². The summed E-state index contributed by atoms with van der Waals surface area (Å²) in [4.78, 5) is 2.72. The number of nitrogens with zero attached hydrogens (tertiary/aromatic N) is 1. The van der Waals surface area contributed by atoms with E-state index < -0.39 is 0 Å². The van der Waals surface area contributed by atoms with Gasteiger partial charge in [-0.3, -0.25) is 0 Å². The van der Waals surface area contributed by atoms with Crippen LogP contribution in [0.2, 0.25) is 0 Å². The summed E-state index contributed by atoms with van der Waals surface area (Å²) in [6.07, 6.45) is 11.3. The van der Waals surface area contributed by atoms with Crippen LogP contribution >= 0.6 is 0 Å². The fourth-order valence-electron chi connectivity index (χ4n) is 3.32. The fraction of sp³-hybridized carbons (Fsp3) is 1.00. The molecule has 94 valence electrons. The molecule has 0 aliphatic carbocycles. The highest BCUT2D eigenvalue weighted by atomic mass is 15.2. The normalized spacial score (nSPS) is 33.6. The number of nitrogens with one attached hydrogen (secondary N) is 1. The molecule has 2 aliphatic rings. The summed E-state index contributed by atoms with van der Waals surface area (Å²) >= 11 is 0. The van der Waals surface area contributed by atoms with Crippen LogP contribution in [0.1, 0.15) is 58.3 Å². The molecule has 2 fully saturated rings. The lowest BCUT2D eigenvalue weighted by Gasteiger charge is -2.36. The van der Waals surface area contributed by atoms with Crippen LogP contribution in [0.5, 0.6) is 0 Å². The third-order valence-corrected chi connectivity index (χ3v) is 4.48. The van der Waals surface area contributed by atoms with Crippen LogP contribution in [0.15, 0.2) is 0 Å². The molecule has 1 atom stereocenters. The van der Waals surface area contributed by atoms with Crippen LogP contribution in [0, 0.1) is 0 Å². The second kappa shape index (κ2) is 6.02. The molecule has 0 aromatic heterocycles. The number of hydrogen-bond donors (Lipinski definition) is 1. The quantitative estimate of drug-likeness (QED) is 0.793. The summed E-state index contributed by atoms with van der Waals surface area (Å²) in [6, 6.07) is 0. The Morgan fingerprint density at radius 2 is 1.69 bits per heavy atom. The SMILES string of the molecule is CCC1(CN2CCCCCCC2)CCCN1. The van der Waals surface area contributed by atoms with Gasteiger partial charge in [-0.25, -0.2) is 0 Å². The third kappa shape index (κ3) is 3.21. The predicted molar refractivity (Wildman–Crippen MR) is 69.8 cm³/mol. The van der Waals surface area contributed by atoms with Crippen molar-refractivity contribution in [2.45, 2.75) is 63.8 Å². The molecule has 0 aromatic rings. The Balaban J connectivity index is 1.85. The monoisotopic (exact) mass is 224 g/mol. The second-order valence-electron chi connectivity index (χ2n) is 5.71. The van der Waals surface area contributed by atoms with E-state index in [0.717, 1.165) is 0 Å². The second-order valence-corrected chi connectivity index (χ2v) is 5.71. The molecule has 0 radical (unpaired) electrons. The summed E-state index contributed by atoms with van der Waals surface area (Å²) in [5.41, 5.74) is 0.458. The summed E-state index contributed by atoms with van der Waals surface area (Å²) in [7, 11) is 0. The lowest BCUT2D eigenvalue weighted by Crippen LogP contribution is -2.50. The van der Waals surface area contributed by atoms with Crippen molar-refractivity contribution in [3.05, 3.63) is 0 Å². The minimum atomic E-state index is 0.458. The molecule has 0 saturated carbocycles. The van der Waals surface area contributed by atoms with Crippen LogP contribution in [-0.2, 0) is 0 Å². The van der Waals surface area contributed by atoms with Crippen LogP contribution < -0.4 is 5.32 Å². The van der Waals surface area contributed by atoms with Gasteiger partial charge >= 0.3 is 0 Å². The van der Waals surface area contributed by atoms with Crippen LogP contribution in [0.4, 0.5) is 0 Å². The summed E-state index contributed by atoms with van der Waals surface area (Å²) in [5, 5.41) is 3.76. The maximum atomic E-state index is 3.76. The zero-order valence-electron chi connectivity index (χ0n) is 10.9. The molecule has 2 nitrogen and oxygen atoms in total. The van der Waals surface area contributed by atoms with Crippen LogP contribution in [-0.4, -0.2) is 36.6 Å². The molecule has 1 N–H and O–H groups in total. The van der Waals surface area contributed by atoms with E-state index in [0.29, 0.717) is 5.54 Å². The van der Waals surface area contributed by atoms with Crippen molar-refractivity contribution in [1.29, 1.82) is 0 Å². The predicted octanol–water partition coefficient (Wildman–Crippen LogP) is 2.78. The molecule has 0 amide bonds. The van der Waals surface area contributed by atoms with Crippen LogP contribution in [0.25, 0.3) is 0 Å². The highest BCUT2D eigenvalue weighted by Crippen LogP contribution is 2.25. The highest BCUT2D eigenvalue weighted by Gasteiger charge is 2.33. The first kappa shape index (κ1) is 12.4. The summed E-state index contributed by atoms with van der Waals surface area (Å²) < 4.78 is 0. The van der Waals surface area contributed by atoms with Gasteiger partial charge < -0.3 is 10.2 Å². The van der Waals surface area contributed by atoms with Crippen molar-refractivity contribution in [2.24, 2.45) is 0 Å². The first-order valence-corrected chi connectivity index (χ1v) is 7.32. The number of likely N-dealkylation sites (tertiary alicyclic amines) is 1. The van der Waals surface area contributed by atoms with Crippen molar-refractivity contribution in [2.75, 3.05) is 26.2 Å². The van der Waals surface area contributed by atoms with Gasteiger partial charge in [-0.15, -0.1) is 0 Å². The Morgan fingerprint density at radius 1 is 1.00 bits per heavy atom. The highest BCUT2D eigenvalue weighted by molar-refractivity contribution is 4.94. The molecule has 2 heteroatoms. The third-order valence-electron chi connectivity index (χ3n) is 4.48. The van der Waals surface area contributed by atoms with E-state index in [1.807, 2.05) is 0 Å². The molecular weight excluding hydrogens is 196 g/mol. The van der Waals surface area contributed by atoms with Gasteiger partial charge in [-0.2, -0.15) is 0 Å². The van der Waals surface area contributed by atoms with Gasteiger partial charge in [0.05, 0.1) is 0 Å². The van der Waals surface area contributed by atoms with Gasteiger partial charge in [0, 0.05) is 12.1 Å². The van der Waals surface area contributed by atoms with E-state index in [1.165, 1.54) is 77.5 Å². The fourth-order valence-corrected chi connectivity index (χ4v) is 3.32. The first-order chi connectivity index (χ1) is 7.85. The van der Waals surface area contributed by atoms with Crippen molar-refractivity contribution < 1.29 is 0 Å². The van der Waals surface area contributed by atoms with Crippen molar-refractivity contribution >= 4 is 0 Å². The minimum absolute atomic E-state index is 0.458. The lowest BCUT2D eigenvalue weighted by atomic mass is 9.93. The Labute approximate surface area is 101 Å². The van der Waals surface area contributed by atoms with E-state index in [-0.39, 0.29) is 0 Å². The van der Waals surface area contributed by atoms with Crippen LogP contribution in [0.3, 0.4) is 0 Å². The molecular formula is C14H28N2. The zero-order chi connectivity index (χ0) is 11.3. The van der Waals surface area contributed by atoms with Gasteiger partial charge in [0.2, 0.25) is 0 Å². The van der Waals surface area contributed by atoms with Gasteiger partial charge in [0.25, 0.3) is 0 Å². The van der Waals surface area contributed by atoms with E-state index in [9.17, 15) is 0 Å². The van der Waals surface area contributed by atoms with Crippen molar-refractivity contribution in [3.8, 4) is 0 Å². The Morgan fingerprint density at radius 3 is 2.25 bits per heavy atom. The number of rotatable bonds is 3. The molecule has 2 saturated heterocycles. The average Bonchev–Trinajstić information content (AvgIpc) is 2.71. The maximum absolute atomic E-state index is 3.76. The molecule has 2 aliphatic heterocycles. The molecule has 0 bridgehead atoms. The Bertz CT molecular complexity index is 189. The van der Waals surface area contributed by atoms with Crippen molar-refractivity contribution in [3.63, 3.8) is 0 Å². The van der Waals surface area contributed by atoms with E-state index in [4.69, 9.17) is 0 Å². The maximum Gasteiger partial charge on any atom is 0.0306 e. The van der Waals surface area contributed by atoms with Gasteiger partial charge in [-0.05, 0) is 51.7 Å². The molecule has 16 heavy (non-hydrogen) atoms. The number of hydrogen-bond acceptors (Lipinski definition) is 2. The van der Waals surface area contributed by atoms with Gasteiger partial charge in [-0.1, -0.05) is 26.2 Å². The van der Waals surface area contributed by atoms with Gasteiger partial charge in [0.15, 0.2) is 0 Å². The average molecular weight is 224 g/mol. The summed E-state index contributed by atoms with van der Waals surface area (Å²) in [6.45, 7) is 7.56. The molecule has 0 spiro atoms. The Hall–Kier alpha value is -0.0800. The largest absolute Gasteiger partial charge is 0.310 e. The lowest BCUT2D eigenvalue weighted by molar-refractivity contribution is 0.175. The molecule has 2 heterocycles. The first-order valence-electron chi connectivity index (χ1n) is 7.32. The van der Waals surface area contributed by atoms with Crippen molar-refractivity contribution in [1.82, 2.24) is 10.2 Å². The zero-order valence-corrected chi connectivity index (χ0v) is 10.9. The smallest absolute Gasteiger partial charge is 0.0306 e. The van der Waals surface area contributed by atoms with E-state index >= 15 is 0 Å². The molecule has 2 rings (SSSR count). The standard InChI is InChI=1S/C14H28N2/c1-2-14(9-8-10-15-14)13-16-11-6-4-3-5-7-12-16/h15H,2-13H2,1H3. The van der Waals surface area contributed by atoms with E-state index in [2.05, 4.69) is 17.1 Å². The summed E-state index contributed by atoms with van der Waals surface area (Å²) in [5.74, 6) is 0. The molecule has 1 unspecified atom stereocenters. The molecule has 0 aromatic carbocycles. The van der Waals surface area contributed by atoms with Gasteiger partial charge in [0.1, 0.15) is 0 Å². The minimum Gasteiger partial charge on any atom is -0.310 e. The van der Waals surface area contributed by atoms with E-state index in [1.54, 1.807) is 0 Å². The Kier molecular flexibility index (Phi) is 4.66.